The number of aryl methyl sites for hydroxylation is 3. The monoisotopic (exact) mass is 294 g/mol. The van der Waals surface area contributed by atoms with Crippen LogP contribution in [-0.2, 0) is 11.2 Å². The van der Waals surface area contributed by atoms with Gasteiger partial charge in [0.15, 0.2) is 0 Å². The van der Waals surface area contributed by atoms with Crippen molar-refractivity contribution in [1.29, 1.82) is 0 Å². The Kier molecular flexibility index (Phi) is 5.48. The zero-order chi connectivity index (χ0) is 15.9. The summed E-state index contributed by atoms with van der Waals surface area (Å²) in [6.45, 7) is 6.06. The Labute approximate surface area is 132 Å². The van der Waals surface area contributed by atoms with Gasteiger partial charge in [-0.05, 0) is 55.5 Å². The van der Waals surface area contributed by atoms with Crippen molar-refractivity contribution in [3.63, 3.8) is 0 Å². The summed E-state index contributed by atoms with van der Waals surface area (Å²) < 4.78 is 0. The normalized spacial score (nSPS) is 11.3. The highest BCUT2D eigenvalue weighted by Gasteiger charge is 2.03. The molecule has 0 saturated carbocycles. The summed E-state index contributed by atoms with van der Waals surface area (Å²) in [5.41, 5.74) is 8.12. The van der Waals surface area contributed by atoms with Gasteiger partial charge in [0.1, 0.15) is 0 Å². The van der Waals surface area contributed by atoms with E-state index in [2.05, 4.69) is 36.5 Å². The fourth-order valence-electron chi connectivity index (χ4n) is 2.14. The number of amides is 1. The summed E-state index contributed by atoms with van der Waals surface area (Å²) in [6, 6.07) is 16.2. The molecule has 2 rings (SSSR count). The minimum atomic E-state index is -0.0629. The molecule has 0 radical (unpaired) electrons. The van der Waals surface area contributed by atoms with Crippen molar-refractivity contribution in [2.75, 3.05) is 0 Å². The molecule has 2 aromatic carbocycles. The van der Waals surface area contributed by atoms with Crippen LogP contribution in [0.15, 0.2) is 53.6 Å². The maximum absolute atomic E-state index is 11.9. The predicted molar refractivity (Wildman–Crippen MR) is 91.0 cm³/mol. The van der Waals surface area contributed by atoms with Crippen LogP contribution < -0.4 is 5.43 Å². The first-order chi connectivity index (χ1) is 10.6. The van der Waals surface area contributed by atoms with E-state index in [0.29, 0.717) is 6.42 Å². The molecular weight excluding hydrogens is 272 g/mol. The number of hydrogen-bond donors (Lipinski definition) is 1. The third-order valence-corrected chi connectivity index (χ3v) is 3.76. The Morgan fingerprint density at radius 2 is 1.77 bits per heavy atom. The highest BCUT2D eigenvalue weighted by molar-refractivity contribution is 5.99. The largest absolute Gasteiger partial charge is 0.273 e. The van der Waals surface area contributed by atoms with E-state index in [1.807, 2.05) is 43.3 Å². The Hall–Kier alpha value is -2.42. The van der Waals surface area contributed by atoms with Gasteiger partial charge >= 0.3 is 0 Å². The highest BCUT2D eigenvalue weighted by Crippen LogP contribution is 2.10. The molecule has 0 atom stereocenters. The van der Waals surface area contributed by atoms with Crippen molar-refractivity contribution in [3.8, 4) is 0 Å². The number of carbonyl (C=O) groups excluding carboxylic acids is 1. The summed E-state index contributed by atoms with van der Waals surface area (Å²) in [7, 11) is 0. The SMILES string of the molecule is CC(=NNC(=O)CCc1ccccc1)c1ccc(C)c(C)c1. The van der Waals surface area contributed by atoms with Crippen molar-refractivity contribution in [2.24, 2.45) is 5.10 Å². The molecule has 0 aliphatic heterocycles. The fourth-order valence-corrected chi connectivity index (χ4v) is 2.14. The molecule has 0 aromatic heterocycles. The van der Waals surface area contributed by atoms with Crippen molar-refractivity contribution < 1.29 is 4.79 Å². The number of carbonyl (C=O) groups is 1. The second-order valence-electron chi connectivity index (χ2n) is 5.52. The van der Waals surface area contributed by atoms with Crippen molar-refractivity contribution in [1.82, 2.24) is 5.43 Å². The average molecular weight is 294 g/mol. The van der Waals surface area contributed by atoms with Crippen LogP contribution in [0.25, 0.3) is 0 Å². The zero-order valence-corrected chi connectivity index (χ0v) is 13.4. The second kappa shape index (κ2) is 7.55. The summed E-state index contributed by atoms with van der Waals surface area (Å²) in [4.78, 5) is 11.9. The Bertz CT molecular complexity index is 675. The van der Waals surface area contributed by atoms with Crippen LogP contribution in [0.5, 0.6) is 0 Å². The van der Waals surface area contributed by atoms with E-state index in [4.69, 9.17) is 0 Å². The second-order valence-corrected chi connectivity index (χ2v) is 5.52. The molecule has 1 N–H and O–H groups in total. The zero-order valence-electron chi connectivity index (χ0n) is 13.4. The molecule has 0 bridgehead atoms. The van der Waals surface area contributed by atoms with Gasteiger partial charge in [0.25, 0.3) is 0 Å². The summed E-state index contributed by atoms with van der Waals surface area (Å²) >= 11 is 0. The molecule has 0 spiro atoms. The number of nitrogens with one attached hydrogen (secondary N) is 1. The van der Waals surface area contributed by atoms with Gasteiger partial charge in [0.2, 0.25) is 5.91 Å². The Morgan fingerprint density at radius 3 is 2.45 bits per heavy atom. The Balaban J connectivity index is 1.90. The topological polar surface area (TPSA) is 41.5 Å². The van der Waals surface area contributed by atoms with Gasteiger partial charge in [-0.1, -0.05) is 42.5 Å². The standard InChI is InChI=1S/C19H22N2O/c1-14-9-11-18(13-15(14)2)16(3)20-21-19(22)12-10-17-7-5-4-6-8-17/h4-9,11,13H,10,12H2,1-3H3,(H,21,22). The molecular formula is C19H22N2O. The van der Waals surface area contributed by atoms with Crippen LogP contribution in [0.3, 0.4) is 0 Å². The van der Waals surface area contributed by atoms with Gasteiger partial charge in [0, 0.05) is 6.42 Å². The van der Waals surface area contributed by atoms with Crippen molar-refractivity contribution in [2.45, 2.75) is 33.6 Å². The number of hydrogen-bond acceptors (Lipinski definition) is 2. The molecule has 0 heterocycles. The van der Waals surface area contributed by atoms with Gasteiger partial charge in [-0.15, -0.1) is 0 Å². The minimum Gasteiger partial charge on any atom is -0.273 e. The molecule has 0 aliphatic rings. The molecule has 3 nitrogen and oxygen atoms in total. The molecule has 2 aromatic rings. The fraction of sp³-hybridized carbons (Fsp3) is 0.263. The lowest BCUT2D eigenvalue weighted by atomic mass is 10.0. The van der Waals surface area contributed by atoms with Crippen LogP contribution in [-0.4, -0.2) is 11.6 Å². The third kappa shape index (κ3) is 4.55. The highest BCUT2D eigenvalue weighted by atomic mass is 16.2. The van der Waals surface area contributed by atoms with E-state index < -0.39 is 0 Å². The van der Waals surface area contributed by atoms with Crippen LogP contribution in [0.4, 0.5) is 0 Å². The molecule has 0 saturated heterocycles. The first-order valence-electron chi connectivity index (χ1n) is 7.51. The lowest BCUT2D eigenvalue weighted by Crippen LogP contribution is -2.19. The lowest BCUT2D eigenvalue weighted by molar-refractivity contribution is -0.121. The number of benzene rings is 2. The van der Waals surface area contributed by atoms with Crippen LogP contribution in [0.1, 0.15) is 35.6 Å². The maximum Gasteiger partial charge on any atom is 0.240 e. The van der Waals surface area contributed by atoms with E-state index in [-0.39, 0.29) is 5.91 Å². The Morgan fingerprint density at radius 1 is 1.05 bits per heavy atom. The van der Waals surface area contributed by atoms with E-state index in [1.54, 1.807) is 0 Å². The van der Waals surface area contributed by atoms with Gasteiger partial charge in [-0.2, -0.15) is 5.10 Å². The number of nitrogens with zero attached hydrogens (tertiary/aromatic N) is 1. The van der Waals surface area contributed by atoms with Crippen LogP contribution in [0, 0.1) is 13.8 Å². The summed E-state index contributed by atoms with van der Waals surface area (Å²) in [5, 5.41) is 4.19. The summed E-state index contributed by atoms with van der Waals surface area (Å²) in [5.74, 6) is -0.0629. The first kappa shape index (κ1) is 16.0. The molecule has 3 heteroatoms. The number of rotatable bonds is 5. The van der Waals surface area contributed by atoms with Gasteiger partial charge in [-0.3, -0.25) is 4.79 Å². The maximum atomic E-state index is 11.9. The molecule has 0 unspecified atom stereocenters. The lowest BCUT2D eigenvalue weighted by Gasteiger charge is -2.06. The van der Waals surface area contributed by atoms with Crippen LogP contribution in [0.2, 0.25) is 0 Å². The van der Waals surface area contributed by atoms with E-state index >= 15 is 0 Å². The van der Waals surface area contributed by atoms with Gasteiger partial charge in [0.05, 0.1) is 5.71 Å². The smallest absolute Gasteiger partial charge is 0.240 e. The first-order valence-corrected chi connectivity index (χ1v) is 7.51. The van der Waals surface area contributed by atoms with Gasteiger partial charge in [-0.25, -0.2) is 5.43 Å². The van der Waals surface area contributed by atoms with Crippen LogP contribution >= 0.6 is 0 Å². The molecule has 1 amide bonds. The molecule has 0 aliphatic carbocycles. The minimum absolute atomic E-state index is 0.0629. The van der Waals surface area contributed by atoms with E-state index in [9.17, 15) is 4.79 Å². The summed E-state index contributed by atoms with van der Waals surface area (Å²) in [6.07, 6.45) is 1.17. The molecule has 0 fully saturated rings. The van der Waals surface area contributed by atoms with Gasteiger partial charge < -0.3 is 0 Å². The third-order valence-electron chi connectivity index (χ3n) is 3.76. The average Bonchev–Trinajstić information content (AvgIpc) is 2.54. The van der Waals surface area contributed by atoms with E-state index in [1.165, 1.54) is 11.1 Å². The quantitative estimate of drug-likeness (QED) is 0.662. The van der Waals surface area contributed by atoms with Crippen molar-refractivity contribution in [3.05, 3.63) is 70.8 Å². The molecule has 22 heavy (non-hydrogen) atoms. The predicted octanol–water partition coefficient (Wildman–Crippen LogP) is 3.78. The van der Waals surface area contributed by atoms with E-state index in [0.717, 1.165) is 23.3 Å². The van der Waals surface area contributed by atoms with Crippen molar-refractivity contribution >= 4 is 11.6 Å². The molecule has 114 valence electrons. The number of hydrazone groups is 1.